The third-order valence-electron chi connectivity index (χ3n) is 5.76. The zero-order chi connectivity index (χ0) is 20.5. The Morgan fingerprint density at radius 2 is 2.14 bits per heavy atom. The monoisotopic (exact) mass is 420 g/mol. The lowest BCUT2D eigenvalue weighted by Crippen LogP contribution is -2.56. The molecular weight excluding hydrogens is 384 g/mol. The van der Waals surface area contributed by atoms with Crippen LogP contribution in [0.5, 0.6) is 5.75 Å². The molecule has 0 saturated carbocycles. The molecule has 1 aromatic rings. The van der Waals surface area contributed by atoms with Crippen LogP contribution in [0.2, 0.25) is 0 Å². The number of ether oxygens (including phenoxy) is 2. The summed E-state index contributed by atoms with van der Waals surface area (Å²) in [6.45, 7) is 10.5. The van der Waals surface area contributed by atoms with Crippen LogP contribution < -0.4 is 15.4 Å². The van der Waals surface area contributed by atoms with Gasteiger partial charge in [-0.2, -0.15) is 11.8 Å². The zero-order valence-electron chi connectivity index (χ0n) is 18.1. The molecule has 1 unspecified atom stereocenters. The Morgan fingerprint density at radius 1 is 1.31 bits per heavy atom. The Balaban J connectivity index is 1.61. The van der Waals surface area contributed by atoms with Gasteiger partial charge in [0.1, 0.15) is 5.75 Å². The molecule has 2 heterocycles. The number of morpholine rings is 1. The minimum absolute atomic E-state index is 0.177. The van der Waals surface area contributed by atoms with Gasteiger partial charge in [-0.25, -0.2) is 0 Å². The maximum atomic E-state index is 5.57. The van der Waals surface area contributed by atoms with Crippen molar-refractivity contribution < 1.29 is 9.47 Å². The third kappa shape index (κ3) is 6.03. The van der Waals surface area contributed by atoms with Crippen molar-refractivity contribution in [3.63, 3.8) is 0 Å². The predicted molar refractivity (Wildman–Crippen MR) is 122 cm³/mol. The minimum Gasteiger partial charge on any atom is -0.496 e. The highest BCUT2D eigenvalue weighted by Gasteiger charge is 2.40. The van der Waals surface area contributed by atoms with E-state index < -0.39 is 0 Å². The number of hydrogen-bond donors (Lipinski definition) is 2. The van der Waals surface area contributed by atoms with Crippen LogP contribution >= 0.6 is 11.8 Å². The lowest BCUT2D eigenvalue weighted by molar-refractivity contribution is -0.0104. The Labute approximate surface area is 179 Å². The molecule has 2 aliphatic heterocycles. The SMILES string of the molecule is CCNC(=NCC1(N2CCOCC2)CCSC1)NCCc1cc(C)ccc1OC. The number of thioether (sulfide) groups is 1. The maximum Gasteiger partial charge on any atom is 0.191 e. The fourth-order valence-electron chi connectivity index (χ4n) is 4.09. The summed E-state index contributed by atoms with van der Waals surface area (Å²) < 4.78 is 11.1. The van der Waals surface area contributed by atoms with Crippen molar-refractivity contribution in [3.05, 3.63) is 29.3 Å². The molecule has 7 heteroatoms. The molecule has 162 valence electrons. The summed E-state index contributed by atoms with van der Waals surface area (Å²) in [5, 5.41) is 6.93. The van der Waals surface area contributed by atoms with Crippen molar-refractivity contribution in [1.29, 1.82) is 0 Å². The highest BCUT2D eigenvalue weighted by molar-refractivity contribution is 7.99. The minimum atomic E-state index is 0.177. The highest BCUT2D eigenvalue weighted by Crippen LogP contribution is 2.34. The van der Waals surface area contributed by atoms with E-state index in [0.717, 1.165) is 69.8 Å². The van der Waals surface area contributed by atoms with Crippen LogP contribution in [0.3, 0.4) is 0 Å². The molecular formula is C22H36N4O2S. The van der Waals surface area contributed by atoms with Gasteiger partial charge in [0.2, 0.25) is 0 Å². The van der Waals surface area contributed by atoms with Crippen LogP contribution in [-0.4, -0.2) is 81.0 Å². The van der Waals surface area contributed by atoms with Gasteiger partial charge in [0.25, 0.3) is 0 Å². The van der Waals surface area contributed by atoms with E-state index in [0.29, 0.717) is 0 Å². The van der Waals surface area contributed by atoms with Crippen molar-refractivity contribution in [2.75, 3.05) is 64.6 Å². The Bertz CT molecular complexity index is 671. The topological polar surface area (TPSA) is 58.1 Å². The van der Waals surface area contributed by atoms with Gasteiger partial charge in [0, 0.05) is 31.9 Å². The number of rotatable bonds is 8. The van der Waals surface area contributed by atoms with E-state index >= 15 is 0 Å². The second-order valence-electron chi connectivity index (χ2n) is 7.81. The lowest BCUT2D eigenvalue weighted by atomic mass is 9.96. The molecule has 2 saturated heterocycles. The average Bonchev–Trinajstić information content (AvgIpc) is 3.23. The van der Waals surface area contributed by atoms with Gasteiger partial charge in [-0.1, -0.05) is 17.7 Å². The number of methoxy groups -OCH3 is 1. The van der Waals surface area contributed by atoms with E-state index in [9.17, 15) is 0 Å². The number of guanidine groups is 1. The number of aryl methyl sites for hydroxylation is 1. The number of benzene rings is 1. The molecule has 1 atom stereocenters. The summed E-state index contributed by atoms with van der Waals surface area (Å²) in [5.41, 5.74) is 2.66. The summed E-state index contributed by atoms with van der Waals surface area (Å²) in [6, 6.07) is 6.34. The molecule has 29 heavy (non-hydrogen) atoms. The normalized spacial score (nSPS) is 23.2. The largest absolute Gasteiger partial charge is 0.496 e. The second-order valence-corrected chi connectivity index (χ2v) is 8.92. The van der Waals surface area contributed by atoms with E-state index in [1.54, 1.807) is 7.11 Å². The van der Waals surface area contributed by atoms with E-state index in [1.807, 2.05) is 6.07 Å². The first-order valence-electron chi connectivity index (χ1n) is 10.7. The van der Waals surface area contributed by atoms with Crippen LogP contribution in [-0.2, 0) is 11.2 Å². The predicted octanol–water partition coefficient (Wildman–Crippen LogP) is 2.31. The van der Waals surface area contributed by atoms with Crippen LogP contribution in [0.1, 0.15) is 24.5 Å². The first-order chi connectivity index (χ1) is 14.2. The van der Waals surface area contributed by atoms with Crippen molar-refractivity contribution in [2.24, 2.45) is 4.99 Å². The fourth-order valence-corrected chi connectivity index (χ4v) is 5.56. The van der Waals surface area contributed by atoms with Gasteiger partial charge < -0.3 is 20.1 Å². The second kappa shape index (κ2) is 11.1. The summed E-state index contributed by atoms with van der Waals surface area (Å²) in [7, 11) is 1.73. The molecule has 0 aromatic heterocycles. The highest BCUT2D eigenvalue weighted by atomic mass is 32.2. The molecule has 0 amide bonds. The molecule has 0 aliphatic carbocycles. The summed E-state index contributed by atoms with van der Waals surface area (Å²) in [5.74, 6) is 4.25. The van der Waals surface area contributed by atoms with E-state index in [-0.39, 0.29) is 5.54 Å². The van der Waals surface area contributed by atoms with Crippen molar-refractivity contribution in [1.82, 2.24) is 15.5 Å². The summed E-state index contributed by atoms with van der Waals surface area (Å²) >= 11 is 2.05. The molecule has 0 bridgehead atoms. The third-order valence-corrected chi connectivity index (χ3v) is 7.00. The van der Waals surface area contributed by atoms with Gasteiger partial charge in [0.05, 0.1) is 32.4 Å². The van der Waals surface area contributed by atoms with Gasteiger partial charge in [-0.15, -0.1) is 0 Å². The van der Waals surface area contributed by atoms with Crippen LogP contribution in [0.15, 0.2) is 23.2 Å². The number of aliphatic imine (C=N–C) groups is 1. The Hall–Kier alpha value is -1.44. The quantitative estimate of drug-likeness (QED) is 0.497. The number of nitrogens with one attached hydrogen (secondary N) is 2. The first-order valence-corrected chi connectivity index (χ1v) is 11.9. The maximum absolute atomic E-state index is 5.57. The number of nitrogens with zero attached hydrogens (tertiary/aromatic N) is 2. The Morgan fingerprint density at radius 3 is 2.83 bits per heavy atom. The van der Waals surface area contributed by atoms with Crippen molar-refractivity contribution in [2.45, 2.75) is 32.2 Å². The molecule has 6 nitrogen and oxygen atoms in total. The van der Waals surface area contributed by atoms with E-state index in [4.69, 9.17) is 14.5 Å². The Kier molecular flexibility index (Phi) is 8.51. The fraction of sp³-hybridized carbons (Fsp3) is 0.682. The molecule has 3 rings (SSSR count). The zero-order valence-corrected chi connectivity index (χ0v) is 18.9. The smallest absolute Gasteiger partial charge is 0.191 e. The van der Waals surface area contributed by atoms with Gasteiger partial charge in [-0.3, -0.25) is 9.89 Å². The van der Waals surface area contributed by atoms with Crippen molar-refractivity contribution >= 4 is 17.7 Å². The number of hydrogen-bond acceptors (Lipinski definition) is 5. The average molecular weight is 421 g/mol. The van der Waals surface area contributed by atoms with E-state index in [2.05, 4.69) is 53.3 Å². The molecule has 1 aromatic carbocycles. The summed E-state index contributed by atoms with van der Waals surface area (Å²) in [6.07, 6.45) is 2.11. The van der Waals surface area contributed by atoms with Crippen molar-refractivity contribution in [3.8, 4) is 5.75 Å². The first kappa shape index (κ1) is 22.2. The molecule has 2 fully saturated rings. The molecule has 2 aliphatic rings. The van der Waals surface area contributed by atoms with Crippen LogP contribution in [0.25, 0.3) is 0 Å². The molecule has 2 N–H and O–H groups in total. The van der Waals surface area contributed by atoms with Gasteiger partial charge in [0.15, 0.2) is 5.96 Å². The molecule has 0 radical (unpaired) electrons. The van der Waals surface area contributed by atoms with E-state index in [1.165, 1.54) is 23.3 Å². The van der Waals surface area contributed by atoms with Gasteiger partial charge >= 0.3 is 0 Å². The summed E-state index contributed by atoms with van der Waals surface area (Å²) in [4.78, 5) is 7.61. The molecule has 0 spiro atoms. The van der Waals surface area contributed by atoms with Gasteiger partial charge in [-0.05, 0) is 44.1 Å². The standard InChI is InChI=1S/C22H36N4O2S/c1-4-23-21(24-9-7-19-15-18(2)5-6-20(19)27-3)25-16-22(8-14-29-17-22)26-10-12-28-13-11-26/h5-6,15H,4,7-14,16-17H2,1-3H3,(H2,23,24,25). The lowest BCUT2D eigenvalue weighted by Gasteiger charge is -2.42. The van der Waals surface area contributed by atoms with Crippen LogP contribution in [0, 0.1) is 6.92 Å². The van der Waals surface area contributed by atoms with Crippen LogP contribution in [0.4, 0.5) is 0 Å².